The van der Waals surface area contributed by atoms with E-state index in [1.54, 1.807) is 0 Å². The molecule has 10 heteroatoms. The molecule has 0 heterocycles. The number of carbonyl (C=O) groups is 2. The molecule has 0 aliphatic heterocycles. The number of unbranched alkanes of at least 4 members (excludes halogenated alkanes) is 1. The highest BCUT2D eigenvalue weighted by molar-refractivity contribution is 7.92. The first-order valence-corrected chi connectivity index (χ1v) is 14.1. The van der Waals surface area contributed by atoms with Gasteiger partial charge in [0.1, 0.15) is 12.6 Å². The first-order valence-electron chi connectivity index (χ1n) is 11.5. The Hall–Kier alpha value is -2.29. The van der Waals surface area contributed by atoms with Crippen molar-refractivity contribution in [1.82, 2.24) is 10.2 Å². The van der Waals surface area contributed by atoms with Gasteiger partial charge in [0.05, 0.1) is 11.9 Å². The monoisotopic (exact) mass is 541 g/mol. The van der Waals surface area contributed by atoms with Gasteiger partial charge >= 0.3 is 0 Å². The molecule has 2 aromatic carbocycles. The van der Waals surface area contributed by atoms with Crippen molar-refractivity contribution >= 4 is 50.7 Å². The van der Waals surface area contributed by atoms with E-state index >= 15 is 0 Å². The molecule has 0 aliphatic carbocycles. The molecule has 35 heavy (non-hydrogen) atoms. The number of amides is 2. The van der Waals surface area contributed by atoms with Gasteiger partial charge in [-0.2, -0.15) is 0 Å². The van der Waals surface area contributed by atoms with E-state index in [2.05, 4.69) is 5.32 Å². The van der Waals surface area contributed by atoms with Gasteiger partial charge in [-0.05, 0) is 49.1 Å². The van der Waals surface area contributed by atoms with Gasteiger partial charge in [-0.15, -0.1) is 0 Å². The molecule has 2 amide bonds. The Morgan fingerprint density at radius 3 is 2.23 bits per heavy atom. The highest BCUT2D eigenvalue weighted by atomic mass is 35.5. The van der Waals surface area contributed by atoms with Crippen molar-refractivity contribution in [3.63, 3.8) is 0 Å². The van der Waals surface area contributed by atoms with E-state index in [1.807, 2.05) is 45.0 Å². The molecule has 0 aliphatic rings. The molecule has 0 radical (unpaired) electrons. The average molecular weight is 543 g/mol. The number of nitrogens with one attached hydrogen (secondary N) is 1. The van der Waals surface area contributed by atoms with Gasteiger partial charge in [-0.25, -0.2) is 8.42 Å². The third-order valence-corrected chi connectivity index (χ3v) is 7.21. The molecule has 0 fully saturated rings. The fourth-order valence-electron chi connectivity index (χ4n) is 3.69. The molecule has 2 aromatic rings. The maximum absolute atomic E-state index is 13.7. The summed E-state index contributed by atoms with van der Waals surface area (Å²) in [5.41, 5.74) is 2.01. The predicted molar refractivity (Wildman–Crippen MR) is 142 cm³/mol. The number of carbonyl (C=O) groups excluding carboxylic acids is 2. The Bertz CT molecular complexity index is 1120. The van der Waals surface area contributed by atoms with Crippen LogP contribution in [0.4, 0.5) is 5.69 Å². The first-order chi connectivity index (χ1) is 16.5. The Labute approximate surface area is 218 Å². The van der Waals surface area contributed by atoms with Crippen LogP contribution in [0, 0.1) is 6.92 Å². The topological polar surface area (TPSA) is 86.8 Å². The third-order valence-electron chi connectivity index (χ3n) is 5.63. The van der Waals surface area contributed by atoms with Gasteiger partial charge in [0.25, 0.3) is 0 Å². The molecule has 1 N–H and O–H groups in total. The number of aryl methyl sites for hydroxylation is 1. The highest BCUT2D eigenvalue weighted by Crippen LogP contribution is 2.27. The fraction of sp³-hybridized carbons (Fsp3) is 0.440. The molecule has 7 nitrogen and oxygen atoms in total. The standard InChI is InChI=1S/C25H33Cl2N3O4S/c1-5-7-12-28-25(32)23(6-2)29(16-19-11-9-8-10-18(19)3)24(31)17-30(35(4,33)34)22-14-20(26)13-21(27)15-22/h8-11,13-15,23H,5-7,12,16-17H2,1-4H3,(H,28,32)/t23-/m1/s1. The second kappa shape index (κ2) is 13.1. The van der Waals surface area contributed by atoms with Crippen molar-refractivity contribution in [2.24, 2.45) is 0 Å². The summed E-state index contributed by atoms with van der Waals surface area (Å²) in [5.74, 6) is -0.771. The van der Waals surface area contributed by atoms with E-state index in [-0.39, 0.29) is 28.2 Å². The molecule has 0 saturated carbocycles. The number of benzene rings is 2. The van der Waals surface area contributed by atoms with Crippen LogP contribution in [0.25, 0.3) is 0 Å². The minimum Gasteiger partial charge on any atom is -0.354 e. The van der Waals surface area contributed by atoms with Crippen LogP contribution in [-0.2, 0) is 26.2 Å². The van der Waals surface area contributed by atoms with E-state index in [0.29, 0.717) is 13.0 Å². The van der Waals surface area contributed by atoms with Crippen molar-refractivity contribution in [1.29, 1.82) is 0 Å². The van der Waals surface area contributed by atoms with Crippen LogP contribution in [0.5, 0.6) is 0 Å². The van der Waals surface area contributed by atoms with Crippen molar-refractivity contribution in [2.75, 3.05) is 23.7 Å². The van der Waals surface area contributed by atoms with Gasteiger partial charge < -0.3 is 10.2 Å². The van der Waals surface area contributed by atoms with Crippen LogP contribution in [0.1, 0.15) is 44.2 Å². The highest BCUT2D eigenvalue weighted by Gasteiger charge is 2.32. The minimum absolute atomic E-state index is 0.166. The Morgan fingerprint density at radius 2 is 1.69 bits per heavy atom. The Kier molecular flexibility index (Phi) is 10.9. The number of nitrogens with zero attached hydrogens (tertiary/aromatic N) is 2. The Morgan fingerprint density at radius 1 is 1.06 bits per heavy atom. The molecular formula is C25H33Cl2N3O4S. The summed E-state index contributed by atoms with van der Waals surface area (Å²) in [7, 11) is -3.86. The molecule has 2 rings (SSSR count). The molecule has 0 saturated heterocycles. The lowest BCUT2D eigenvalue weighted by molar-refractivity contribution is -0.140. The Balaban J connectivity index is 2.45. The summed E-state index contributed by atoms with van der Waals surface area (Å²) in [6.45, 7) is 5.96. The van der Waals surface area contributed by atoms with Crippen molar-refractivity contribution in [3.05, 3.63) is 63.6 Å². The molecule has 0 spiro atoms. The summed E-state index contributed by atoms with van der Waals surface area (Å²) in [5, 5.41) is 3.39. The quantitative estimate of drug-likeness (QED) is 0.391. The summed E-state index contributed by atoms with van der Waals surface area (Å²) in [6.07, 6.45) is 3.13. The number of sulfonamides is 1. The van der Waals surface area contributed by atoms with Crippen LogP contribution in [-0.4, -0.2) is 50.5 Å². The molecule has 1 atom stereocenters. The fourth-order valence-corrected chi connectivity index (χ4v) is 5.04. The number of hydrogen-bond acceptors (Lipinski definition) is 4. The summed E-state index contributed by atoms with van der Waals surface area (Å²) >= 11 is 12.2. The van der Waals surface area contributed by atoms with Gasteiger partial charge in [-0.3, -0.25) is 13.9 Å². The van der Waals surface area contributed by atoms with Crippen molar-refractivity contribution in [3.8, 4) is 0 Å². The summed E-state index contributed by atoms with van der Waals surface area (Å²) in [6, 6.07) is 11.2. The maximum atomic E-state index is 13.7. The molecule has 0 unspecified atom stereocenters. The summed E-state index contributed by atoms with van der Waals surface area (Å²) in [4.78, 5) is 28.2. The normalized spacial score (nSPS) is 12.2. The lowest BCUT2D eigenvalue weighted by Crippen LogP contribution is -2.52. The van der Waals surface area contributed by atoms with Gasteiger partial charge in [-0.1, -0.05) is 67.7 Å². The zero-order chi connectivity index (χ0) is 26.2. The van der Waals surface area contributed by atoms with Crippen LogP contribution in [0.2, 0.25) is 10.0 Å². The van der Waals surface area contributed by atoms with Crippen LogP contribution >= 0.6 is 23.2 Å². The first kappa shape index (κ1) is 28.9. The van der Waals surface area contributed by atoms with E-state index in [1.165, 1.54) is 23.1 Å². The van der Waals surface area contributed by atoms with Crippen LogP contribution in [0.15, 0.2) is 42.5 Å². The smallest absolute Gasteiger partial charge is 0.244 e. The van der Waals surface area contributed by atoms with E-state index in [9.17, 15) is 18.0 Å². The lowest BCUT2D eigenvalue weighted by atomic mass is 10.1. The van der Waals surface area contributed by atoms with Crippen molar-refractivity contribution in [2.45, 2.75) is 52.6 Å². The minimum atomic E-state index is -3.86. The van der Waals surface area contributed by atoms with Crippen molar-refractivity contribution < 1.29 is 18.0 Å². The number of anilines is 1. The molecular weight excluding hydrogens is 509 g/mol. The molecule has 0 aromatic heterocycles. The SMILES string of the molecule is CCCCNC(=O)[C@@H](CC)N(Cc1ccccc1C)C(=O)CN(c1cc(Cl)cc(Cl)c1)S(C)(=O)=O. The van der Waals surface area contributed by atoms with E-state index < -0.39 is 28.5 Å². The van der Waals surface area contributed by atoms with Gasteiger partial charge in [0, 0.05) is 23.1 Å². The second-order valence-corrected chi connectivity index (χ2v) is 11.2. The number of rotatable bonds is 12. The predicted octanol–water partition coefficient (Wildman–Crippen LogP) is 4.79. The molecule has 0 bridgehead atoms. The average Bonchev–Trinajstić information content (AvgIpc) is 2.77. The maximum Gasteiger partial charge on any atom is 0.244 e. The summed E-state index contributed by atoms with van der Waals surface area (Å²) < 4.78 is 26.3. The van der Waals surface area contributed by atoms with Crippen LogP contribution in [0.3, 0.4) is 0 Å². The zero-order valence-electron chi connectivity index (χ0n) is 20.6. The second-order valence-electron chi connectivity index (χ2n) is 8.41. The number of hydrogen-bond donors (Lipinski definition) is 1. The third kappa shape index (κ3) is 8.40. The van der Waals surface area contributed by atoms with E-state index in [0.717, 1.165) is 34.5 Å². The van der Waals surface area contributed by atoms with Gasteiger partial charge in [0.15, 0.2) is 0 Å². The van der Waals surface area contributed by atoms with Crippen LogP contribution < -0.4 is 9.62 Å². The lowest BCUT2D eigenvalue weighted by Gasteiger charge is -2.33. The van der Waals surface area contributed by atoms with Gasteiger partial charge in [0.2, 0.25) is 21.8 Å². The largest absolute Gasteiger partial charge is 0.354 e. The van der Waals surface area contributed by atoms with E-state index in [4.69, 9.17) is 23.2 Å². The zero-order valence-corrected chi connectivity index (χ0v) is 22.9. The molecule has 192 valence electrons. The number of halogens is 2.